The third-order valence-corrected chi connectivity index (χ3v) is 3.84. The van der Waals surface area contributed by atoms with E-state index in [4.69, 9.17) is 4.74 Å². The molecule has 1 aromatic rings. The number of nitrogens with one attached hydrogen (secondary N) is 1. The lowest BCUT2D eigenvalue weighted by Gasteiger charge is -2.33. The minimum atomic E-state index is -1.26. The summed E-state index contributed by atoms with van der Waals surface area (Å²) in [6.07, 6.45) is 0.981. The Kier molecular flexibility index (Phi) is 4.45. The number of benzene rings is 1. The van der Waals surface area contributed by atoms with Gasteiger partial charge in [0.05, 0.1) is 7.11 Å². The minimum Gasteiger partial charge on any atom is -0.468 e. The van der Waals surface area contributed by atoms with E-state index in [2.05, 4.69) is 5.32 Å². The van der Waals surface area contributed by atoms with Crippen molar-refractivity contribution >= 4 is 12.0 Å². The minimum absolute atomic E-state index is 0.0179. The number of hydrogen-bond acceptors (Lipinski definition) is 3. The molecule has 1 atom stereocenters. The second-order valence-corrected chi connectivity index (χ2v) is 5.30. The normalized spacial score (nSPS) is 16.6. The van der Waals surface area contributed by atoms with E-state index in [1.807, 2.05) is 0 Å². The van der Waals surface area contributed by atoms with Crippen LogP contribution in [-0.4, -0.2) is 43.6 Å². The van der Waals surface area contributed by atoms with E-state index in [9.17, 15) is 14.0 Å². The number of nitrogens with zero attached hydrogens (tertiary/aromatic N) is 1. The van der Waals surface area contributed by atoms with Crippen LogP contribution >= 0.6 is 0 Å². The number of carbonyl (C=O) groups is 2. The van der Waals surface area contributed by atoms with Gasteiger partial charge < -0.3 is 15.0 Å². The van der Waals surface area contributed by atoms with Crippen LogP contribution in [0.25, 0.3) is 0 Å². The summed E-state index contributed by atoms with van der Waals surface area (Å²) in [7, 11) is 1.25. The van der Waals surface area contributed by atoms with Crippen molar-refractivity contribution in [1.82, 2.24) is 10.2 Å². The molecule has 1 heterocycles. The average Bonchev–Trinajstić information content (AvgIpc) is 2.42. The lowest BCUT2D eigenvalue weighted by atomic mass is 9.82. The molecule has 0 bridgehead atoms. The van der Waals surface area contributed by atoms with Crippen molar-refractivity contribution in [2.45, 2.75) is 18.8 Å². The molecule has 1 fully saturated rings. The molecule has 0 radical (unpaired) electrons. The SMILES string of the molecule is COC(=O)C(C)(CNC(=O)N1CCC1)c1ccccc1F. The number of hydrogen-bond donors (Lipinski definition) is 1. The Morgan fingerprint density at radius 3 is 2.57 bits per heavy atom. The maximum Gasteiger partial charge on any atom is 0.317 e. The van der Waals surface area contributed by atoms with Gasteiger partial charge in [-0.25, -0.2) is 9.18 Å². The first-order valence-electron chi connectivity index (χ1n) is 6.85. The number of halogens is 1. The molecular weight excluding hydrogens is 275 g/mol. The lowest BCUT2D eigenvalue weighted by molar-refractivity contribution is -0.146. The highest BCUT2D eigenvalue weighted by molar-refractivity contribution is 5.84. The molecule has 1 aliphatic heterocycles. The Bertz CT molecular complexity index is 545. The van der Waals surface area contributed by atoms with E-state index in [0.717, 1.165) is 6.42 Å². The van der Waals surface area contributed by atoms with Gasteiger partial charge in [0.25, 0.3) is 0 Å². The Balaban J connectivity index is 2.19. The van der Waals surface area contributed by atoms with Gasteiger partial charge in [0, 0.05) is 25.2 Å². The zero-order chi connectivity index (χ0) is 15.5. The largest absolute Gasteiger partial charge is 0.468 e. The second kappa shape index (κ2) is 6.11. The molecule has 1 unspecified atom stereocenters. The first kappa shape index (κ1) is 15.3. The van der Waals surface area contributed by atoms with Crippen LogP contribution in [0, 0.1) is 5.82 Å². The molecule has 1 saturated heterocycles. The van der Waals surface area contributed by atoms with Gasteiger partial charge in [-0.2, -0.15) is 0 Å². The fraction of sp³-hybridized carbons (Fsp3) is 0.467. The average molecular weight is 294 g/mol. The number of urea groups is 1. The van der Waals surface area contributed by atoms with Gasteiger partial charge in [0.1, 0.15) is 11.2 Å². The number of rotatable bonds is 4. The van der Waals surface area contributed by atoms with Crippen molar-refractivity contribution in [3.05, 3.63) is 35.6 Å². The van der Waals surface area contributed by atoms with Crippen LogP contribution < -0.4 is 5.32 Å². The third-order valence-electron chi connectivity index (χ3n) is 3.84. The van der Waals surface area contributed by atoms with E-state index in [0.29, 0.717) is 13.1 Å². The Labute approximate surface area is 123 Å². The predicted octanol–water partition coefficient (Wildman–Crippen LogP) is 1.67. The lowest BCUT2D eigenvalue weighted by Crippen LogP contribution is -2.52. The maximum atomic E-state index is 14.0. The summed E-state index contributed by atoms with van der Waals surface area (Å²) in [5.74, 6) is -1.08. The van der Waals surface area contributed by atoms with Gasteiger partial charge in [-0.1, -0.05) is 18.2 Å². The molecule has 6 heteroatoms. The molecule has 2 rings (SSSR count). The highest BCUT2D eigenvalue weighted by Gasteiger charge is 2.39. The van der Waals surface area contributed by atoms with Crippen LogP contribution in [0.2, 0.25) is 0 Å². The fourth-order valence-corrected chi connectivity index (χ4v) is 2.29. The molecule has 0 aliphatic carbocycles. The fourth-order valence-electron chi connectivity index (χ4n) is 2.29. The van der Waals surface area contributed by atoms with Crippen molar-refractivity contribution < 1.29 is 18.7 Å². The van der Waals surface area contributed by atoms with Crippen molar-refractivity contribution in [3.63, 3.8) is 0 Å². The van der Waals surface area contributed by atoms with Crippen LogP contribution in [0.15, 0.2) is 24.3 Å². The quantitative estimate of drug-likeness (QED) is 0.859. The zero-order valence-corrected chi connectivity index (χ0v) is 12.2. The van der Waals surface area contributed by atoms with Crippen LogP contribution in [0.1, 0.15) is 18.9 Å². The van der Waals surface area contributed by atoms with E-state index in [1.165, 1.54) is 19.2 Å². The van der Waals surface area contributed by atoms with Gasteiger partial charge in [-0.05, 0) is 19.4 Å². The summed E-state index contributed by atoms with van der Waals surface area (Å²) < 4.78 is 18.8. The molecular formula is C15H19FN2O3. The van der Waals surface area contributed by atoms with Gasteiger partial charge in [0.2, 0.25) is 0 Å². The topological polar surface area (TPSA) is 58.6 Å². The number of amides is 2. The third kappa shape index (κ3) is 2.99. The number of esters is 1. The standard InChI is InChI=1S/C15H19FN2O3/c1-15(13(19)21-2,11-6-3-4-7-12(11)16)10-17-14(20)18-8-5-9-18/h3-4,6-7H,5,8-10H2,1-2H3,(H,17,20). The van der Waals surface area contributed by atoms with Gasteiger partial charge >= 0.3 is 12.0 Å². The maximum absolute atomic E-state index is 14.0. The predicted molar refractivity (Wildman–Crippen MR) is 75.4 cm³/mol. The molecule has 1 aliphatic rings. The highest BCUT2D eigenvalue weighted by Crippen LogP contribution is 2.27. The number of likely N-dealkylation sites (tertiary alicyclic amines) is 1. The molecule has 21 heavy (non-hydrogen) atoms. The Hall–Kier alpha value is -2.11. The number of carbonyl (C=O) groups excluding carboxylic acids is 2. The van der Waals surface area contributed by atoms with E-state index in [1.54, 1.807) is 24.0 Å². The molecule has 0 spiro atoms. The summed E-state index contributed by atoms with van der Waals surface area (Å²) in [4.78, 5) is 25.6. The van der Waals surface area contributed by atoms with Gasteiger partial charge in [0.15, 0.2) is 0 Å². The number of methoxy groups -OCH3 is 1. The summed E-state index contributed by atoms with van der Waals surface area (Å²) in [6, 6.07) is 5.77. The van der Waals surface area contributed by atoms with Crippen molar-refractivity contribution in [2.24, 2.45) is 0 Å². The number of ether oxygens (including phenoxy) is 1. The summed E-state index contributed by atoms with van der Waals surface area (Å²) in [5.41, 5.74) is -1.05. The zero-order valence-electron chi connectivity index (χ0n) is 12.2. The Morgan fingerprint density at radius 2 is 2.05 bits per heavy atom. The van der Waals surface area contributed by atoms with Gasteiger partial charge in [-0.3, -0.25) is 4.79 Å². The molecule has 1 N–H and O–H groups in total. The molecule has 114 valence electrons. The van der Waals surface area contributed by atoms with E-state index < -0.39 is 17.2 Å². The molecule has 0 saturated carbocycles. The first-order valence-corrected chi connectivity index (χ1v) is 6.85. The molecule has 5 nitrogen and oxygen atoms in total. The van der Waals surface area contributed by atoms with Crippen molar-refractivity contribution in [3.8, 4) is 0 Å². The van der Waals surface area contributed by atoms with Crippen molar-refractivity contribution in [1.29, 1.82) is 0 Å². The smallest absolute Gasteiger partial charge is 0.317 e. The summed E-state index contributed by atoms with van der Waals surface area (Å²) >= 11 is 0. The van der Waals surface area contributed by atoms with Gasteiger partial charge in [-0.15, -0.1) is 0 Å². The molecule has 0 aromatic heterocycles. The second-order valence-electron chi connectivity index (χ2n) is 5.30. The van der Waals surface area contributed by atoms with Crippen LogP contribution in [-0.2, 0) is 14.9 Å². The monoisotopic (exact) mass is 294 g/mol. The Morgan fingerprint density at radius 1 is 1.38 bits per heavy atom. The molecule has 2 amide bonds. The van der Waals surface area contributed by atoms with E-state index in [-0.39, 0.29) is 18.1 Å². The molecule has 1 aromatic carbocycles. The van der Waals surface area contributed by atoms with Crippen LogP contribution in [0.5, 0.6) is 0 Å². The van der Waals surface area contributed by atoms with Crippen molar-refractivity contribution in [2.75, 3.05) is 26.7 Å². The summed E-state index contributed by atoms with van der Waals surface area (Å²) in [6.45, 7) is 2.96. The van der Waals surface area contributed by atoms with Crippen LogP contribution in [0.3, 0.4) is 0 Å². The van der Waals surface area contributed by atoms with E-state index >= 15 is 0 Å². The summed E-state index contributed by atoms with van der Waals surface area (Å²) in [5, 5.41) is 2.69. The van der Waals surface area contributed by atoms with Crippen LogP contribution in [0.4, 0.5) is 9.18 Å². The first-order chi connectivity index (χ1) is 9.99. The highest BCUT2D eigenvalue weighted by atomic mass is 19.1.